The van der Waals surface area contributed by atoms with Crippen molar-refractivity contribution in [1.82, 2.24) is 15.0 Å². The van der Waals surface area contributed by atoms with Crippen molar-refractivity contribution in [1.29, 1.82) is 0 Å². The SMILES string of the molecule is CCCS(=O)(=O)c1ccc(N=Nc2c(S(=O)(=O)O)cc3c(N=Nc4ccc(Nc5nc(Cl)nc(Nc6cc(SC#COOS(=O)(=O)O)ccc6OC)n5)cc4S(=O)(=O)O)c(N)ccc3c2O)cc1.O. The molecule has 0 aliphatic rings. The number of thioether (sulfide) groups is 1. The van der Waals surface area contributed by atoms with E-state index in [4.69, 9.17) is 26.6 Å². The normalized spacial score (nSPS) is 12.1. The van der Waals surface area contributed by atoms with Crippen molar-refractivity contribution in [3.8, 4) is 22.9 Å². The maximum atomic E-state index is 12.7. The Bertz CT molecular complexity index is 3540. The number of fused-ring (bicyclic) bond motifs is 1. The lowest BCUT2D eigenvalue weighted by molar-refractivity contribution is -0.135. The summed E-state index contributed by atoms with van der Waals surface area (Å²) in [7, 11) is -17.3. The van der Waals surface area contributed by atoms with Crippen LogP contribution < -0.4 is 21.1 Å². The van der Waals surface area contributed by atoms with Crippen LogP contribution in [0.25, 0.3) is 10.8 Å². The number of halogens is 1. The third-order valence-electron chi connectivity index (χ3n) is 8.60. The molecule has 0 spiro atoms. The molecule has 0 radical (unpaired) electrons. The molecule has 0 unspecified atom stereocenters. The second-order valence-electron chi connectivity index (χ2n) is 13.3. The fraction of sp³-hybridized carbons (Fsp3) is 0.108. The summed E-state index contributed by atoms with van der Waals surface area (Å²) in [4.78, 5) is 15.1. The first-order valence-electron chi connectivity index (χ1n) is 18.4. The summed E-state index contributed by atoms with van der Waals surface area (Å²) in [5.74, 6) is -0.990. The molecule has 0 aliphatic heterocycles. The quantitative estimate of drug-likeness (QED) is 0.00927. The fourth-order valence-corrected chi connectivity index (χ4v) is 9.15. The second kappa shape index (κ2) is 21.6. The number of ether oxygens (including phenoxy) is 1. The number of nitrogens with one attached hydrogen (secondary N) is 2. The van der Waals surface area contributed by atoms with Gasteiger partial charge in [0.15, 0.2) is 21.7 Å². The van der Waals surface area contributed by atoms with E-state index in [9.17, 15) is 47.9 Å². The van der Waals surface area contributed by atoms with Gasteiger partial charge in [-0.25, -0.2) is 8.42 Å². The number of anilines is 5. The third-order valence-corrected chi connectivity index (χ3v) is 13.4. The van der Waals surface area contributed by atoms with Crippen LogP contribution in [-0.2, 0) is 49.7 Å². The number of rotatable bonds is 17. The maximum absolute atomic E-state index is 12.7. The van der Waals surface area contributed by atoms with Crippen molar-refractivity contribution in [3.05, 3.63) is 84.1 Å². The summed E-state index contributed by atoms with van der Waals surface area (Å²) in [5, 5.41) is 34.4. The molecule has 364 valence electrons. The molecule has 0 atom stereocenters. The minimum absolute atomic E-state index is 0. The Morgan fingerprint density at radius 3 is 2.07 bits per heavy atom. The van der Waals surface area contributed by atoms with Gasteiger partial charge in [-0.05, 0) is 113 Å². The number of phenolic OH excluding ortho intramolecular Hbond substituents is 1. The highest BCUT2D eigenvalue weighted by Crippen LogP contribution is 2.46. The first kappa shape index (κ1) is 53.1. The molecule has 26 nitrogen and oxygen atoms in total. The number of nitrogens with two attached hydrogens (primary N) is 1. The van der Waals surface area contributed by atoms with Crippen molar-refractivity contribution in [2.24, 2.45) is 20.5 Å². The smallest absolute Gasteiger partial charge is 0.433 e. The average Bonchev–Trinajstić information content (AvgIpc) is 3.25. The van der Waals surface area contributed by atoms with Crippen LogP contribution in [0.4, 0.5) is 51.7 Å². The molecule has 10 N–H and O–H groups in total. The molecule has 1 heterocycles. The van der Waals surface area contributed by atoms with Crippen LogP contribution >= 0.6 is 23.4 Å². The van der Waals surface area contributed by atoms with Crippen LogP contribution in [0.15, 0.2) is 119 Å². The van der Waals surface area contributed by atoms with Crippen LogP contribution in [-0.4, -0.2) is 85.7 Å². The van der Waals surface area contributed by atoms with Gasteiger partial charge in [0.2, 0.25) is 17.2 Å². The standard InChI is InChI=1S/C37H31ClN10O15S5.H2O/c1-3-16-65(50,51)23-8-4-20(5-9-23)45-48-33-31(67(55,56)57)19-25-24(34(33)49)10-11-26(39)32(25)47-46-27-12-6-21(17-30(27)66(52,53)54)40-36-42-35(38)43-37(44-36)41-28-18-22(7-13-29(28)61-2)64-15-14-62-63-68(58,59)60;/h4-13,17-19,49H,3,16,39H2,1-2H3,(H,52,53,54)(H,55,56,57)(H,58,59,60)(H2,40,41,42,43,44);1H2. The number of hydrogen-bond donors (Lipinski definition) is 7. The van der Waals surface area contributed by atoms with Gasteiger partial charge < -0.3 is 31.7 Å². The number of methoxy groups -OCH3 is 1. The molecule has 0 bridgehead atoms. The van der Waals surface area contributed by atoms with Gasteiger partial charge >= 0.3 is 10.4 Å². The Labute approximate surface area is 400 Å². The molecular weight excluding hydrogens is 1040 g/mol. The van der Waals surface area contributed by atoms with Gasteiger partial charge in [-0.1, -0.05) is 6.92 Å². The molecule has 5 aromatic carbocycles. The lowest BCUT2D eigenvalue weighted by atomic mass is 10.1. The highest BCUT2D eigenvalue weighted by atomic mass is 35.5. The summed E-state index contributed by atoms with van der Waals surface area (Å²) in [5.41, 5.74) is 4.84. The first-order chi connectivity index (χ1) is 32.0. The molecular formula is C37H33ClN10O16S5. The molecule has 6 aromatic rings. The number of hydrogen-bond acceptors (Lipinski definition) is 23. The molecule has 0 saturated carbocycles. The van der Waals surface area contributed by atoms with E-state index in [2.05, 4.69) is 60.5 Å². The van der Waals surface area contributed by atoms with E-state index in [0.717, 1.165) is 30.0 Å². The summed E-state index contributed by atoms with van der Waals surface area (Å²) in [6, 6.07) is 16.5. The van der Waals surface area contributed by atoms with E-state index in [1.54, 1.807) is 13.0 Å². The van der Waals surface area contributed by atoms with E-state index in [0.29, 0.717) is 11.3 Å². The monoisotopic (exact) mass is 1070 g/mol. The van der Waals surface area contributed by atoms with Crippen molar-refractivity contribution >= 4 is 126 Å². The van der Waals surface area contributed by atoms with Gasteiger partial charge in [-0.3, -0.25) is 18.5 Å². The highest BCUT2D eigenvalue weighted by molar-refractivity contribution is 8.04. The van der Waals surface area contributed by atoms with Gasteiger partial charge in [0.1, 0.15) is 32.6 Å². The van der Waals surface area contributed by atoms with Gasteiger partial charge in [-0.15, -0.1) is 15.3 Å². The lowest BCUT2D eigenvalue weighted by Gasteiger charge is -2.13. The van der Waals surface area contributed by atoms with Gasteiger partial charge in [-0.2, -0.15) is 45.3 Å². The van der Waals surface area contributed by atoms with Crippen LogP contribution in [0.5, 0.6) is 11.5 Å². The van der Waals surface area contributed by atoms with E-state index in [-0.39, 0.29) is 78.3 Å². The van der Waals surface area contributed by atoms with Crippen molar-refractivity contribution in [3.63, 3.8) is 0 Å². The topological polar surface area (TPSA) is 415 Å². The largest absolute Gasteiger partial charge is 0.505 e. The fourth-order valence-electron chi connectivity index (χ4n) is 5.74. The summed E-state index contributed by atoms with van der Waals surface area (Å²) in [6.07, 6.45) is 2.30. The van der Waals surface area contributed by atoms with Gasteiger partial charge in [0.25, 0.3) is 20.2 Å². The molecule has 32 heteroatoms. The van der Waals surface area contributed by atoms with E-state index >= 15 is 0 Å². The number of benzene rings is 5. The molecule has 0 amide bonds. The lowest BCUT2D eigenvalue weighted by Crippen LogP contribution is -2.05. The predicted octanol–water partition coefficient (Wildman–Crippen LogP) is 6.91. The number of nitrogens with zero attached hydrogens (tertiary/aromatic N) is 7. The minimum Gasteiger partial charge on any atom is -0.505 e. The molecule has 0 aliphatic carbocycles. The van der Waals surface area contributed by atoms with Crippen molar-refractivity contribution < 1.29 is 71.9 Å². The molecule has 0 saturated heterocycles. The Hall–Kier alpha value is -6.83. The average molecular weight is 1070 g/mol. The van der Waals surface area contributed by atoms with Crippen LogP contribution in [0.2, 0.25) is 5.28 Å². The number of aromatic hydroxyl groups is 1. The third kappa shape index (κ3) is 13.7. The van der Waals surface area contributed by atoms with Crippen LogP contribution in [0.1, 0.15) is 13.3 Å². The maximum Gasteiger partial charge on any atom is 0.433 e. The zero-order valence-corrected chi connectivity index (χ0v) is 39.7. The van der Waals surface area contributed by atoms with Crippen LogP contribution in [0.3, 0.4) is 0 Å². The van der Waals surface area contributed by atoms with E-state index < -0.39 is 67.4 Å². The van der Waals surface area contributed by atoms with Crippen molar-refractivity contribution in [2.45, 2.75) is 32.9 Å². The Morgan fingerprint density at radius 2 is 1.43 bits per heavy atom. The first-order valence-corrected chi connectivity index (χ1v) is 25.5. The van der Waals surface area contributed by atoms with Crippen molar-refractivity contribution in [2.75, 3.05) is 29.2 Å². The van der Waals surface area contributed by atoms with Gasteiger partial charge in [0, 0.05) is 26.6 Å². The van der Waals surface area contributed by atoms with E-state index in [1.165, 1.54) is 61.7 Å². The number of azo groups is 2. The number of phenols is 1. The summed E-state index contributed by atoms with van der Waals surface area (Å²) >= 11 is 7.03. The molecule has 6 rings (SSSR count). The summed E-state index contributed by atoms with van der Waals surface area (Å²) < 4.78 is 135. The number of nitrogen functional groups attached to an aromatic ring is 1. The molecule has 0 fully saturated rings. The van der Waals surface area contributed by atoms with E-state index in [1.807, 2.05) is 6.11 Å². The van der Waals surface area contributed by atoms with Gasteiger partial charge in [0.05, 0.1) is 34.8 Å². The minimum atomic E-state index is -5.16. The zero-order valence-electron chi connectivity index (χ0n) is 34.8. The predicted molar refractivity (Wildman–Crippen MR) is 249 cm³/mol. The second-order valence-corrected chi connectivity index (χ2v) is 20.4. The number of sulfone groups is 1. The number of aromatic nitrogens is 3. The van der Waals surface area contributed by atoms with Crippen LogP contribution in [0, 0.1) is 11.4 Å². The Balaban J connectivity index is 0.00000888. The molecule has 69 heavy (non-hydrogen) atoms. The summed E-state index contributed by atoms with van der Waals surface area (Å²) in [6.45, 7) is 1.71. The molecule has 1 aromatic heterocycles. The Morgan fingerprint density at radius 1 is 0.768 bits per heavy atom. The Kier molecular flexibility index (Phi) is 16.7. The zero-order chi connectivity index (χ0) is 49.6. The highest BCUT2D eigenvalue weighted by Gasteiger charge is 2.25.